The molecule has 68 valence electrons. The molecule has 0 amide bonds. The van der Waals surface area contributed by atoms with Crippen molar-refractivity contribution in [2.75, 3.05) is 13.2 Å². The van der Waals surface area contributed by atoms with Gasteiger partial charge in [0.15, 0.2) is 0 Å². The first kappa shape index (κ1) is 11.2. The van der Waals surface area contributed by atoms with E-state index in [1.165, 1.54) is 0 Å². The molecule has 0 atom stereocenters. The first-order valence-electron chi connectivity index (χ1n) is 4.20. The van der Waals surface area contributed by atoms with Crippen LogP contribution in [0.3, 0.4) is 0 Å². The van der Waals surface area contributed by atoms with E-state index in [1.807, 2.05) is 26.8 Å². The lowest BCUT2D eigenvalue weighted by Crippen LogP contribution is -2.14. The van der Waals surface area contributed by atoms with Crippen molar-refractivity contribution in [3.63, 3.8) is 0 Å². The largest absolute Gasteiger partial charge is 0.342 e. The second kappa shape index (κ2) is 8.32. The van der Waals surface area contributed by atoms with Crippen molar-refractivity contribution in [1.82, 2.24) is 0 Å². The number of allylic oxidation sites excluding steroid dienone is 2. The third-order valence-corrected chi connectivity index (χ3v) is 1.09. The molecule has 0 aromatic rings. The lowest BCUT2D eigenvalue weighted by molar-refractivity contribution is -0.0969. The summed E-state index contributed by atoms with van der Waals surface area (Å²) in [6.07, 6.45) is 3.27. The van der Waals surface area contributed by atoms with Crippen molar-refractivity contribution in [3.8, 4) is 11.8 Å². The van der Waals surface area contributed by atoms with Gasteiger partial charge in [0.2, 0.25) is 6.29 Å². The van der Waals surface area contributed by atoms with Crippen molar-refractivity contribution in [2.24, 2.45) is 0 Å². The molecular formula is C10H16O2. The molecule has 0 spiro atoms. The van der Waals surface area contributed by atoms with Crippen molar-refractivity contribution < 1.29 is 9.47 Å². The monoisotopic (exact) mass is 168 g/mol. The second-order valence-corrected chi connectivity index (χ2v) is 2.03. The normalized spacial score (nSPS) is 10.3. The summed E-state index contributed by atoms with van der Waals surface area (Å²) in [7, 11) is 0. The van der Waals surface area contributed by atoms with Crippen molar-refractivity contribution in [3.05, 3.63) is 12.2 Å². The maximum Gasteiger partial charge on any atom is 0.222 e. The van der Waals surface area contributed by atoms with Gasteiger partial charge in [-0.1, -0.05) is 12.0 Å². The van der Waals surface area contributed by atoms with Gasteiger partial charge in [-0.15, -0.1) is 0 Å². The minimum atomic E-state index is -0.379. The first-order valence-corrected chi connectivity index (χ1v) is 4.20. The SMILES string of the molecule is C/C=C/C#CC(OCC)OCC. The van der Waals surface area contributed by atoms with Gasteiger partial charge in [0.05, 0.1) is 0 Å². The van der Waals surface area contributed by atoms with E-state index >= 15 is 0 Å². The van der Waals surface area contributed by atoms with Crippen LogP contribution in [0.15, 0.2) is 12.2 Å². The Labute approximate surface area is 74.6 Å². The highest BCUT2D eigenvalue weighted by Crippen LogP contribution is 1.92. The molecule has 0 aliphatic heterocycles. The standard InChI is InChI=1S/C10H16O2/c1-4-7-8-9-10(11-5-2)12-6-3/h4,7,10H,5-6H2,1-3H3/b7-4+. The summed E-state index contributed by atoms with van der Waals surface area (Å²) in [6.45, 7) is 7.00. The Balaban J connectivity index is 3.86. The van der Waals surface area contributed by atoms with Crippen molar-refractivity contribution >= 4 is 0 Å². The van der Waals surface area contributed by atoms with Gasteiger partial charge in [-0.25, -0.2) is 0 Å². The van der Waals surface area contributed by atoms with E-state index in [9.17, 15) is 0 Å². The van der Waals surface area contributed by atoms with Crippen LogP contribution in [0.5, 0.6) is 0 Å². The zero-order chi connectivity index (χ0) is 9.23. The van der Waals surface area contributed by atoms with Crippen molar-refractivity contribution in [1.29, 1.82) is 0 Å². The van der Waals surface area contributed by atoms with E-state index < -0.39 is 0 Å². The fraction of sp³-hybridized carbons (Fsp3) is 0.600. The molecule has 0 unspecified atom stereocenters. The molecule has 0 aromatic carbocycles. The van der Waals surface area contributed by atoms with Gasteiger partial charge in [-0.05, 0) is 32.8 Å². The molecule has 0 saturated heterocycles. The molecule has 0 saturated carbocycles. The molecule has 0 radical (unpaired) electrons. The maximum atomic E-state index is 5.20. The molecule has 0 bridgehead atoms. The zero-order valence-electron chi connectivity index (χ0n) is 7.96. The molecule has 0 aliphatic carbocycles. The van der Waals surface area contributed by atoms with E-state index in [4.69, 9.17) is 9.47 Å². The number of ether oxygens (including phenoxy) is 2. The second-order valence-electron chi connectivity index (χ2n) is 2.03. The summed E-state index contributed by atoms with van der Waals surface area (Å²) in [6, 6.07) is 0. The molecule has 2 nitrogen and oxygen atoms in total. The van der Waals surface area contributed by atoms with Gasteiger partial charge in [-0.2, -0.15) is 0 Å². The number of rotatable bonds is 4. The van der Waals surface area contributed by atoms with Crippen LogP contribution in [0, 0.1) is 11.8 Å². The van der Waals surface area contributed by atoms with Crippen LogP contribution in [-0.4, -0.2) is 19.5 Å². The van der Waals surface area contributed by atoms with Gasteiger partial charge in [0, 0.05) is 13.2 Å². The lowest BCUT2D eigenvalue weighted by Gasteiger charge is -2.09. The van der Waals surface area contributed by atoms with Crippen LogP contribution in [0.4, 0.5) is 0 Å². The quantitative estimate of drug-likeness (QED) is 0.472. The first-order chi connectivity index (χ1) is 5.85. The van der Waals surface area contributed by atoms with Gasteiger partial charge >= 0.3 is 0 Å². The van der Waals surface area contributed by atoms with Gasteiger partial charge in [0.25, 0.3) is 0 Å². The number of hydrogen-bond donors (Lipinski definition) is 0. The van der Waals surface area contributed by atoms with Crippen LogP contribution in [0.2, 0.25) is 0 Å². The molecule has 0 N–H and O–H groups in total. The van der Waals surface area contributed by atoms with Crippen LogP contribution in [0.25, 0.3) is 0 Å². The Morgan fingerprint density at radius 3 is 2.25 bits per heavy atom. The molecule has 0 aromatic heterocycles. The molecule has 0 heterocycles. The molecule has 0 aliphatic rings. The van der Waals surface area contributed by atoms with Gasteiger partial charge in [0.1, 0.15) is 0 Å². The Morgan fingerprint density at radius 2 is 1.83 bits per heavy atom. The Bertz CT molecular complexity index is 168. The minimum absolute atomic E-state index is 0.379. The van der Waals surface area contributed by atoms with Crippen LogP contribution >= 0.6 is 0 Å². The van der Waals surface area contributed by atoms with Crippen LogP contribution in [-0.2, 0) is 9.47 Å². The van der Waals surface area contributed by atoms with Crippen molar-refractivity contribution in [2.45, 2.75) is 27.1 Å². The lowest BCUT2D eigenvalue weighted by atomic mass is 10.5. The van der Waals surface area contributed by atoms with E-state index in [0.29, 0.717) is 13.2 Å². The maximum absolute atomic E-state index is 5.20. The topological polar surface area (TPSA) is 18.5 Å². The summed E-state index contributed by atoms with van der Waals surface area (Å²) >= 11 is 0. The predicted molar refractivity (Wildman–Crippen MR) is 49.6 cm³/mol. The Kier molecular flexibility index (Phi) is 7.78. The highest BCUT2D eigenvalue weighted by molar-refractivity contribution is 5.15. The highest BCUT2D eigenvalue weighted by Gasteiger charge is 2.00. The fourth-order valence-corrected chi connectivity index (χ4v) is 0.634. The highest BCUT2D eigenvalue weighted by atomic mass is 16.7. The third kappa shape index (κ3) is 5.96. The zero-order valence-corrected chi connectivity index (χ0v) is 7.96. The van der Waals surface area contributed by atoms with Gasteiger partial charge < -0.3 is 9.47 Å². The van der Waals surface area contributed by atoms with E-state index in [1.54, 1.807) is 6.08 Å². The Morgan fingerprint density at radius 1 is 1.25 bits per heavy atom. The van der Waals surface area contributed by atoms with Crippen LogP contribution < -0.4 is 0 Å². The molecule has 0 fully saturated rings. The molecule has 0 rings (SSSR count). The van der Waals surface area contributed by atoms with E-state index in [2.05, 4.69) is 11.8 Å². The average molecular weight is 168 g/mol. The Hall–Kier alpha value is -0.780. The molecule has 2 heteroatoms. The summed E-state index contributed by atoms with van der Waals surface area (Å²) in [5, 5.41) is 0. The number of hydrogen-bond acceptors (Lipinski definition) is 2. The van der Waals surface area contributed by atoms with E-state index in [0.717, 1.165) is 0 Å². The minimum Gasteiger partial charge on any atom is -0.342 e. The summed E-state index contributed by atoms with van der Waals surface area (Å²) in [4.78, 5) is 0. The smallest absolute Gasteiger partial charge is 0.222 e. The average Bonchev–Trinajstić information content (AvgIpc) is 2.06. The summed E-state index contributed by atoms with van der Waals surface area (Å²) in [5.41, 5.74) is 0. The summed E-state index contributed by atoms with van der Waals surface area (Å²) < 4.78 is 10.4. The molecular weight excluding hydrogens is 152 g/mol. The third-order valence-electron chi connectivity index (χ3n) is 1.09. The predicted octanol–water partition coefficient (Wildman–Crippen LogP) is 1.97. The summed E-state index contributed by atoms with van der Waals surface area (Å²) in [5.74, 6) is 5.67. The van der Waals surface area contributed by atoms with Crippen LogP contribution in [0.1, 0.15) is 20.8 Å². The fourth-order valence-electron chi connectivity index (χ4n) is 0.634. The van der Waals surface area contributed by atoms with Gasteiger partial charge in [-0.3, -0.25) is 0 Å². The molecule has 12 heavy (non-hydrogen) atoms. The van der Waals surface area contributed by atoms with E-state index in [-0.39, 0.29) is 6.29 Å².